The number of carbonyl (C=O) groups excluding carboxylic acids is 2. The number of carbonyl (C=O) groups is 2. The zero-order chi connectivity index (χ0) is 22.8. The maximum absolute atomic E-state index is 13.2. The Labute approximate surface area is 193 Å². The minimum absolute atomic E-state index is 0.197. The van der Waals surface area contributed by atoms with Crippen LogP contribution in [-0.2, 0) is 16.1 Å². The van der Waals surface area contributed by atoms with Crippen LogP contribution in [0.25, 0.3) is 0 Å². The van der Waals surface area contributed by atoms with Gasteiger partial charge in [-0.25, -0.2) is 0 Å². The van der Waals surface area contributed by atoms with Crippen molar-refractivity contribution < 1.29 is 19.1 Å². The molecule has 0 saturated heterocycles. The van der Waals surface area contributed by atoms with E-state index in [9.17, 15) is 9.59 Å². The first-order chi connectivity index (χ1) is 14.9. The van der Waals surface area contributed by atoms with Gasteiger partial charge in [-0.15, -0.1) is 0 Å². The van der Waals surface area contributed by atoms with E-state index in [4.69, 9.17) is 32.7 Å². The third-order valence-electron chi connectivity index (χ3n) is 4.69. The summed E-state index contributed by atoms with van der Waals surface area (Å²) in [5.74, 6) is 0.459. The lowest BCUT2D eigenvalue weighted by molar-refractivity contribution is -0.143. The standard InChI is InChI=1S/C23H28Cl2N2O4/c1-4-12-26-23(29)19(5-2)27(14-16-10-11-17(24)18(25)13-16)22(28)15-31-21-9-7-6-8-20(21)30-3/h6-11,13,19H,4-5,12,14-15H2,1-3H3,(H,26,29)/t19-/m1/s1. The molecule has 31 heavy (non-hydrogen) atoms. The Kier molecular flexibility index (Phi) is 9.95. The molecule has 0 heterocycles. The summed E-state index contributed by atoms with van der Waals surface area (Å²) in [6.45, 7) is 4.34. The Hall–Kier alpha value is -2.44. The highest BCUT2D eigenvalue weighted by Crippen LogP contribution is 2.27. The number of ether oxygens (including phenoxy) is 2. The summed E-state index contributed by atoms with van der Waals surface area (Å²) in [6.07, 6.45) is 1.26. The first-order valence-electron chi connectivity index (χ1n) is 10.2. The number of nitrogens with zero attached hydrogens (tertiary/aromatic N) is 1. The van der Waals surface area contributed by atoms with Crippen LogP contribution in [0, 0.1) is 0 Å². The first-order valence-corrected chi connectivity index (χ1v) is 10.9. The van der Waals surface area contributed by atoms with Crippen molar-refractivity contribution >= 4 is 35.0 Å². The Morgan fingerprint density at radius 1 is 1.06 bits per heavy atom. The molecule has 0 spiro atoms. The first kappa shape index (κ1) is 24.8. The number of methoxy groups -OCH3 is 1. The third kappa shape index (κ3) is 7.04. The van der Waals surface area contributed by atoms with Gasteiger partial charge in [-0.05, 0) is 42.7 Å². The molecule has 1 atom stereocenters. The molecule has 2 aromatic carbocycles. The predicted octanol–water partition coefficient (Wildman–Crippen LogP) is 4.71. The maximum atomic E-state index is 13.2. The Morgan fingerprint density at radius 3 is 2.39 bits per heavy atom. The molecule has 0 saturated carbocycles. The van der Waals surface area contributed by atoms with Gasteiger partial charge in [-0.2, -0.15) is 0 Å². The Balaban J connectivity index is 2.24. The van der Waals surface area contributed by atoms with Crippen molar-refractivity contribution in [2.45, 2.75) is 39.3 Å². The van der Waals surface area contributed by atoms with Crippen LogP contribution in [0.1, 0.15) is 32.3 Å². The summed E-state index contributed by atoms with van der Waals surface area (Å²) < 4.78 is 11.0. The van der Waals surface area contributed by atoms with Gasteiger partial charge in [0.15, 0.2) is 18.1 Å². The average molecular weight is 467 g/mol. The number of amides is 2. The van der Waals surface area contributed by atoms with E-state index in [1.54, 1.807) is 36.4 Å². The molecular weight excluding hydrogens is 439 g/mol. The molecule has 6 nitrogen and oxygen atoms in total. The minimum Gasteiger partial charge on any atom is -0.493 e. The molecule has 0 aliphatic heterocycles. The molecule has 2 rings (SSSR count). The lowest BCUT2D eigenvalue weighted by Crippen LogP contribution is -2.50. The third-order valence-corrected chi connectivity index (χ3v) is 5.43. The van der Waals surface area contributed by atoms with Crippen LogP contribution in [0.15, 0.2) is 42.5 Å². The fourth-order valence-corrected chi connectivity index (χ4v) is 3.40. The van der Waals surface area contributed by atoms with E-state index < -0.39 is 6.04 Å². The van der Waals surface area contributed by atoms with Gasteiger partial charge >= 0.3 is 0 Å². The highest BCUT2D eigenvalue weighted by Gasteiger charge is 2.29. The molecule has 1 N–H and O–H groups in total. The second-order valence-electron chi connectivity index (χ2n) is 6.92. The number of hydrogen-bond donors (Lipinski definition) is 1. The molecule has 0 bridgehead atoms. The van der Waals surface area contributed by atoms with Crippen molar-refractivity contribution in [3.05, 3.63) is 58.1 Å². The molecule has 0 aromatic heterocycles. The number of halogens is 2. The maximum Gasteiger partial charge on any atom is 0.261 e. The van der Waals surface area contributed by atoms with Gasteiger partial charge in [0.25, 0.3) is 5.91 Å². The number of para-hydroxylation sites is 2. The summed E-state index contributed by atoms with van der Waals surface area (Å²) in [5, 5.41) is 3.69. The molecule has 0 radical (unpaired) electrons. The number of hydrogen-bond acceptors (Lipinski definition) is 4. The number of nitrogens with one attached hydrogen (secondary N) is 1. The number of rotatable bonds is 11. The summed E-state index contributed by atoms with van der Waals surface area (Å²) in [7, 11) is 1.53. The summed E-state index contributed by atoms with van der Waals surface area (Å²) in [6, 6.07) is 11.6. The topological polar surface area (TPSA) is 67.9 Å². The van der Waals surface area contributed by atoms with E-state index in [2.05, 4.69) is 5.32 Å². The van der Waals surface area contributed by atoms with Gasteiger partial charge < -0.3 is 19.7 Å². The lowest BCUT2D eigenvalue weighted by atomic mass is 10.1. The summed E-state index contributed by atoms with van der Waals surface area (Å²) >= 11 is 12.2. The van der Waals surface area contributed by atoms with Crippen molar-refractivity contribution in [3.8, 4) is 11.5 Å². The van der Waals surface area contributed by atoms with Crippen LogP contribution in [0.4, 0.5) is 0 Å². The van der Waals surface area contributed by atoms with Crippen LogP contribution in [-0.4, -0.2) is 43.0 Å². The molecular formula is C23H28Cl2N2O4. The second kappa shape index (κ2) is 12.4. The fourth-order valence-electron chi connectivity index (χ4n) is 3.08. The summed E-state index contributed by atoms with van der Waals surface area (Å²) in [5.41, 5.74) is 0.766. The van der Waals surface area contributed by atoms with E-state index >= 15 is 0 Å². The molecule has 0 fully saturated rings. The fraction of sp³-hybridized carbons (Fsp3) is 0.391. The van der Waals surface area contributed by atoms with Gasteiger partial charge in [0.1, 0.15) is 6.04 Å². The minimum atomic E-state index is -0.644. The highest BCUT2D eigenvalue weighted by molar-refractivity contribution is 6.42. The van der Waals surface area contributed by atoms with Crippen LogP contribution in [0.5, 0.6) is 11.5 Å². The van der Waals surface area contributed by atoms with Crippen LogP contribution < -0.4 is 14.8 Å². The van der Waals surface area contributed by atoms with E-state index in [-0.39, 0.29) is 25.0 Å². The van der Waals surface area contributed by atoms with E-state index in [1.165, 1.54) is 12.0 Å². The molecule has 2 aromatic rings. The smallest absolute Gasteiger partial charge is 0.261 e. The quantitative estimate of drug-likeness (QED) is 0.520. The molecule has 0 unspecified atom stereocenters. The number of benzene rings is 2. The second-order valence-corrected chi connectivity index (χ2v) is 7.74. The zero-order valence-electron chi connectivity index (χ0n) is 18.0. The normalized spacial score (nSPS) is 11.5. The predicted molar refractivity (Wildman–Crippen MR) is 123 cm³/mol. The average Bonchev–Trinajstić information content (AvgIpc) is 2.78. The van der Waals surface area contributed by atoms with Crippen molar-refractivity contribution in [2.75, 3.05) is 20.3 Å². The molecule has 2 amide bonds. The van der Waals surface area contributed by atoms with Crippen LogP contribution in [0.3, 0.4) is 0 Å². The monoisotopic (exact) mass is 466 g/mol. The van der Waals surface area contributed by atoms with Crippen LogP contribution >= 0.6 is 23.2 Å². The molecule has 168 valence electrons. The molecule has 8 heteroatoms. The van der Waals surface area contributed by atoms with Gasteiger partial charge in [0, 0.05) is 13.1 Å². The summed E-state index contributed by atoms with van der Waals surface area (Å²) in [4.78, 5) is 27.4. The lowest BCUT2D eigenvalue weighted by Gasteiger charge is -2.30. The van der Waals surface area contributed by atoms with Crippen molar-refractivity contribution in [1.82, 2.24) is 10.2 Å². The van der Waals surface area contributed by atoms with Crippen LogP contribution in [0.2, 0.25) is 10.0 Å². The Morgan fingerprint density at radius 2 is 1.77 bits per heavy atom. The van der Waals surface area contributed by atoms with Crippen molar-refractivity contribution in [2.24, 2.45) is 0 Å². The zero-order valence-corrected chi connectivity index (χ0v) is 19.5. The highest BCUT2D eigenvalue weighted by atomic mass is 35.5. The van der Waals surface area contributed by atoms with Gasteiger partial charge in [0.2, 0.25) is 5.91 Å². The van der Waals surface area contributed by atoms with E-state index in [0.29, 0.717) is 34.5 Å². The van der Waals surface area contributed by atoms with Gasteiger partial charge in [0.05, 0.1) is 17.2 Å². The molecule has 0 aliphatic carbocycles. The molecule has 0 aliphatic rings. The van der Waals surface area contributed by atoms with Crippen molar-refractivity contribution in [3.63, 3.8) is 0 Å². The van der Waals surface area contributed by atoms with Crippen molar-refractivity contribution in [1.29, 1.82) is 0 Å². The van der Waals surface area contributed by atoms with E-state index in [1.807, 2.05) is 19.9 Å². The Bertz CT molecular complexity index is 892. The van der Waals surface area contributed by atoms with Gasteiger partial charge in [-0.1, -0.05) is 55.2 Å². The SMILES string of the molecule is CCCNC(=O)[C@@H](CC)N(Cc1ccc(Cl)c(Cl)c1)C(=O)COc1ccccc1OC. The largest absolute Gasteiger partial charge is 0.493 e. The van der Waals surface area contributed by atoms with E-state index in [0.717, 1.165) is 12.0 Å². The van der Waals surface area contributed by atoms with Gasteiger partial charge in [-0.3, -0.25) is 9.59 Å².